The highest BCUT2D eigenvalue weighted by molar-refractivity contribution is 6.34. The second-order valence-electron chi connectivity index (χ2n) is 10.7. The van der Waals surface area contributed by atoms with Crippen LogP contribution < -0.4 is 20.3 Å². The molecule has 0 spiro atoms. The summed E-state index contributed by atoms with van der Waals surface area (Å²) in [4.78, 5) is 43.6. The number of aryl methyl sites for hydroxylation is 1. The highest BCUT2D eigenvalue weighted by Crippen LogP contribution is 2.31. The summed E-state index contributed by atoms with van der Waals surface area (Å²) in [5, 5.41) is -0.125. The number of nitrogens with one attached hydrogen (secondary N) is 2. The van der Waals surface area contributed by atoms with Gasteiger partial charge in [-0.15, -0.1) is 0 Å². The Labute approximate surface area is 242 Å². The monoisotopic (exact) mass is 592 g/mol. The maximum absolute atomic E-state index is 14.9. The van der Waals surface area contributed by atoms with E-state index in [1.54, 1.807) is 41.5 Å². The van der Waals surface area contributed by atoms with Gasteiger partial charge in [0.05, 0.1) is 23.2 Å². The van der Waals surface area contributed by atoms with Crippen molar-refractivity contribution in [3.05, 3.63) is 64.6 Å². The van der Waals surface area contributed by atoms with Crippen molar-refractivity contribution < 1.29 is 37.7 Å². The first-order valence-electron chi connectivity index (χ1n) is 12.7. The fraction of sp³-hybridized carbons (Fsp3) is 0.429. The first-order valence-corrected chi connectivity index (χ1v) is 13.1. The molecule has 1 aliphatic heterocycles. The molecule has 0 aliphatic carbocycles. The SMILES string of the molecule is C=CCOc1cc(C(=O)NNC(=O)c2cc(F)c(OCC3COC(C)(C)N3C(=O)OC(C)(C)C)cc2Cl)cc(C)n1. The molecule has 3 amide bonds. The molecule has 1 aromatic carbocycles. The molecule has 2 heterocycles. The Morgan fingerprint density at radius 1 is 1.20 bits per heavy atom. The van der Waals surface area contributed by atoms with E-state index in [9.17, 15) is 18.8 Å². The number of hydrogen-bond acceptors (Lipinski definition) is 8. The molecule has 1 unspecified atom stereocenters. The van der Waals surface area contributed by atoms with E-state index in [-0.39, 0.29) is 47.6 Å². The van der Waals surface area contributed by atoms with E-state index in [4.69, 9.17) is 30.5 Å². The molecule has 2 N–H and O–H groups in total. The maximum Gasteiger partial charge on any atom is 0.413 e. The van der Waals surface area contributed by atoms with Crippen LogP contribution in [0.2, 0.25) is 5.02 Å². The van der Waals surface area contributed by atoms with Crippen molar-refractivity contribution in [3.63, 3.8) is 0 Å². The first-order chi connectivity index (χ1) is 19.1. The molecule has 1 fully saturated rings. The molecule has 1 atom stereocenters. The van der Waals surface area contributed by atoms with Crippen LogP contribution >= 0.6 is 11.6 Å². The van der Waals surface area contributed by atoms with Crippen LogP contribution in [-0.2, 0) is 9.47 Å². The van der Waals surface area contributed by atoms with Crippen LogP contribution in [0, 0.1) is 12.7 Å². The van der Waals surface area contributed by atoms with Gasteiger partial charge < -0.3 is 18.9 Å². The van der Waals surface area contributed by atoms with Gasteiger partial charge in [0.25, 0.3) is 11.8 Å². The van der Waals surface area contributed by atoms with Crippen molar-refractivity contribution in [2.75, 3.05) is 19.8 Å². The van der Waals surface area contributed by atoms with Gasteiger partial charge in [-0.3, -0.25) is 25.3 Å². The Hall–Kier alpha value is -3.90. The molecular weight excluding hydrogens is 559 g/mol. The van der Waals surface area contributed by atoms with Crippen molar-refractivity contribution in [3.8, 4) is 11.6 Å². The summed E-state index contributed by atoms with van der Waals surface area (Å²) in [5.74, 6) is -2.40. The molecule has 13 heteroatoms. The van der Waals surface area contributed by atoms with Crippen LogP contribution in [0.15, 0.2) is 36.9 Å². The van der Waals surface area contributed by atoms with E-state index in [1.807, 2.05) is 0 Å². The Morgan fingerprint density at radius 2 is 1.88 bits per heavy atom. The Balaban J connectivity index is 1.65. The second kappa shape index (κ2) is 12.7. The Kier molecular flexibility index (Phi) is 9.82. The zero-order chi connectivity index (χ0) is 30.5. The first kappa shape index (κ1) is 31.6. The molecule has 1 aromatic heterocycles. The number of carbonyl (C=O) groups is 3. The van der Waals surface area contributed by atoms with Crippen LogP contribution in [0.25, 0.3) is 0 Å². The lowest BCUT2D eigenvalue weighted by Crippen LogP contribution is -2.51. The van der Waals surface area contributed by atoms with Crippen molar-refractivity contribution in [2.45, 2.75) is 58.9 Å². The van der Waals surface area contributed by atoms with Crippen molar-refractivity contribution in [2.24, 2.45) is 0 Å². The molecular formula is C28H34ClFN4O7. The molecule has 0 bridgehead atoms. The number of amides is 3. The minimum Gasteiger partial charge on any atom is -0.488 e. The lowest BCUT2D eigenvalue weighted by Gasteiger charge is -2.35. The molecule has 3 rings (SSSR count). The second-order valence-corrected chi connectivity index (χ2v) is 11.1. The van der Waals surface area contributed by atoms with Gasteiger partial charge in [-0.05, 0) is 53.7 Å². The molecule has 0 radical (unpaired) electrons. The lowest BCUT2D eigenvalue weighted by molar-refractivity contribution is -0.0637. The predicted octanol–water partition coefficient (Wildman–Crippen LogP) is 4.57. The number of halogens is 2. The number of nitrogens with zero attached hydrogens (tertiary/aromatic N) is 2. The smallest absolute Gasteiger partial charge is 0.413 e. The standard InChI is InChI=1S/C28H34ClFN4O7/c1-8-9-38-23-11-17(10-16(2)31-23)24(35)32-33-25(36)19-12-21(30)22(13-20(19)29)39-14-18-15-40-28(6,7)34(18)26(37)41-27(3,4)5/h8,10-13,18H,1,9,14-15H2,2-7H3,(H,32,35)(H,33,36). The third kappa shape index (κ3) is 8.30. The van der Waals surface area contributed by atoms with Gasteiger partial charge in [-0.25, -0.2) is 14.2 Å². The molecule has 1 aliphatic rings. The summed E-state index contributed by atoms with van der Waals surface area (Å²) in [7, 11) is 0. The summed E-state index contributed by atoms with van der Waals surface area (Å²) in [6.07, 6.45) is 0.940. The average Bonchev–Trinajstić information content (AvgIpc) is 3.18. The van der Waals surface area contributed by atoms with Crippen molar-refractivity contribution >= 4 is 29.5 Å². The number of rotatable bonds is 8. The topological polar surface area (TPSA) is 128 Å². The molecule has 0 saturated carbocycles. The number of ether oxygens (including phenoxy) is 4. The summed E-state index contributed by atoms with van der Waals surface area (Å²) in [6, 6.07) is 4.36. The Morgan fingerprint density at radius 3 is 2.54 bits per heavy atom. The minimum absolute atomic E-state index is 0.124. The summed E-state index contributed by atoms with van der Waals surface area (Å²) >= 11 is 6.25. The molecule has 41 heavy (non-hydrogen) atoms. The normalized spacial score (nSPS) is 16.1. The van der Waals surface area contributed by atoms with E-state index >= 15 is 0 Å². The number of pyridine rings is 1. The highest BCUT2D eigenvalue weighted by atomic mass is 35.5. The summed E-state index contributed by atoms with van der Waals surface area (Å²) in [6.45, 7) is 14.1. The number of hydrogen-bond donors (Lipinski definition) is 2. The maximum atomic E-state index is 14.9. The van der Waals surface area contributed by atoms with Crippen molar-refractivity contribution in [1.82, 2.24) is 20.7 Å². The fourth-order valence-electron chi connectivity index (χ4n) is 3.93. The van der Waals surface area contributed by atoms with E-state index in [0.717, 1.165) is 12.1 Å². The molecule has 222 valence electrons. The van der Waals surface area contributed by atoms with Crippen LogP contribution in [-0.4, -0.2) is 65.0 Å². The van der Waals surface area contributed by atoms with Gasteiger partial charge in [0.1, 0.15) is 24.5 Å². The van der Waals surface area contributed by atoms with E-state index in [1.165, 1.54) is 23.1 Å². The van der Waals surface area contributed by atoms with Crippen LogP contribution in [0.5, 0.6) is 11.6 Å². The average molecular weight is 593 g/mol. The lowest BCUT2D eigenvalue weighted by atomic mass is 10.2. The van der Waals surface area contributed by atoms with E-state index in [2.05, 4.69) is 22.4 Å². The molecule has 2 aromatic rings. The molecule has 1 saturated heterocycles. The van der Waals surface area contributed by atoms with Crippen LogP contribution in [0.3, 0.4) is 0 Å². The van der Waals surface area contributed by atoms with Crippen LogP contribution in [0.1, 0.15) is 61.0 Å². The minimum atomic E-state index is -0.964. The number of benzene rings is 1. The van der Waals surface area contributed by atoms with Crippen molar-refractivity contribution in [1.29, 1.82) is 0 Å². The van der Waals surface area contributed by atoms with Gasteiger partial charge in [0.2, 0.25) is 5.88 Å². The largest absolute Gasteiger partial charge is 0.488 e. The fourth-order valence-corrected chi connectivity index (χ4v) is 4.17. The summed E-state index contributed by atoms with van der Waals surface area (Å²) in [5.41, 5.74) is 3.23. The highest BCUT2D eigenvalue weighted by Gasteiger charge is 2.46. The van der Waals surface area contributed by atoms with Gasteiger partial charge in [0.15, 0.2) is 11.6 Å². The van der Waals surface area contributed by atoms with Gasteiger partial charge in [-0.2, -0.15) is 0 Å². The zero-order valence-electron chi connectivity index (χ0n) is 23.8. The Bertz CT molecular complexity index is 1330. The third-order valence-corrected chi connectivity index (χ3v) is 6.01. The third-order valence-electron chi connectivity index (χ3n) is 5.69. The predicted molar refractivity (Wildman–Crippen MR) is 148 cm³/mol. The quantitative estimate of drug-likeness (QED) is 0.337. The summed E-state index contributed by atoms with van der Waals surface area (Å²) < 4.78 is 37.1. The number of aromatic nitrogens is 1. The zero-order valence-corrected chi connectivity index (χ0v) is 24.6. The van der Waals surface area contributed by atoms with Crippen LogP contribution in [0.4, 0.5) is 9.18 Å². The van der Waals surface area contributed by atoms with Gasteiger partial charge >= 0.3 is 6.09 Å². The van der Waals surface area contributed by atoms with Gasteiger partial charge in [0, 0.05) is 23.4 Å². The number of carbonyl (C=O) groups excluding carboxylic acids is 3. The van der Waals surface area contributed by atoms with E-state index < -0.39 is 41.1 Å². The number of hydrazine groups is 1. The van der Waals surface area contributed by atoms with Gasteiger partial charge in [-0.1, -0.05) is 24.3 Å². The molecule has 11 nitrogen and oxygen atoms in total. The van der Waals surface area contributed by atoms with E-state index in [0.29, 0.717) is 5.69 Å².